The lowest BCUT2D eigenvalue weighted by Crippen LogP contribution is -2.22. The van der Waals surface area contributed by atoms with Gasteiger partial charge in [0.2, 0.25) is 0 Å². The van der Waals surface area contributed by atoms with E-state index in [1.54, 1.807) is 24.3 Å². The molecule has 0 fully saturated rings. The zero-order valence-electron chi connectivity index (χ0n) is 15.8. The van der Waals surface area contributed by atoms with E-state index in [1.807, 2.05) is 0 Å². The van der Waals surface area contributed by atoms with Crippen LogP contribution in [-0.4, -0.2) is 27.8 Å². The lowest BCUT2D eigenvalue weighted by Gasteiger charge is -2.09. The number of aromatic nitrogens is 2. The summed E-state index contributed by atoms with van der Waals surface area (Å²) >= 11 is 5.86. The zero-order chi connectivity index (χ0) is 22.4. The number of hydrogen-bond acceptors (Lipinski definition) is 5. The molecule has 0 spiro atoms. The number of carbonyl (C=O) groups is 1. The average Bonchev–Trinajstić information content (AvgIpc) is 2.74. The number of carbonyl (C=O) groups excluding carboxylic acids is 1. The Labute approximate surface area is 180 Å². The molecular weight excluding hydrogens is 431 g/mol. The van der Waals surface area contributed by atoms with Gasteiger partial charge in [0.15, 0.2) is 5.82 Å². The molecule has 6 nitrogen and oxygen atoms in total. The molecule has 10 heteroatoms. The van der Waals surface area contributed by atoms with E-state index in [9.17, 15) is 18.0 Å². The van der Waals surface area contributed by atoms with E-state index >= 15 is 0 Å². The van der Waals surface area contributed by atoms with Crippen molar-refractivity contribution in [2.75, 3.05) is 5.32 Å². The zero-order valence-corrected chi connectivity index (χ0v) is 16.5. The maximum absolute atomic E-state index is 13.4. The second kappa shape index (κ2) is 9.40. The van der Waals surface area contributed by atoms with Crippen molar-refractivity contribution >= 4 is 40.4 Å². The Morgan fingerprint density at radius 1 is 1.10 bits per heavy atom. The molecule has 0 aliphatic rings. The fraction of sp³-hybridized carbons (Fsp3) is 0.0476. The number of aliphatic imine (C=N–C) groups is 1. The molecule has 0 saturated carbocycles. The molecule has 3 aromatic rings. The Morgan fingerprint density at radius 2 is 1.87 bits per heavy atom. The van der Waals surface area contributed by atoms with Gasteiger partial charge < -0.3 is 11.1 Å². The lowest BCUT2D eigenvalue weighted by atomic mass is 10.2. The van der Waals surface area contributed by atoms with E-state index < -0.39 is 17.8 Å². The summed E-state index contributed by atoms with van der Waals surface area (Å²) in [5.74, 6) is -0.646. The highest BCUT2D eigenvalue weighted by Gasteiger charge is 2.34. The molecule has 2 heterocycles. The van der Waals surface area contributed by atoms with Gasteiger partial charge in [-0.05, 0) is 48.5 Å². The number of allylic oxidation sites excluding steroid dienone is 1. The Bertz CT molecular complexity index is 1130. The summed E-state index contributed by atoms with van der Waals surface area (Å²) in [6, 6.07) is 12.0. The van der Waals surface area contributed by atoms with Crippen LogP contribution in [0.5, 0.6) is 0 Å². The van der Waals surface area contributed by atoms with E-state index in [4.69, 9.17) is 17.3 Å². The predicted molar refractivity (Wildman–Crippen MR) is 113 cm³/mol. The molecule has 0 radical (unpaired) electrons. The van der Waals surface area contributed by atoms with Gasteiger partial charge in [-0.1, -0.05) is 17.7 Å². The van der Waals surface area contributed by atoms with Gasteiger partial charge in [-0.25, -0.2) is 9.98 Å². The lowest BCUT2D eigenvalue weighted by molar-refractivity contribution is -0.0576. The summed E-state index contributed by atoms with van der Waals surface area (Å²) in [6.07, 6.45) is -0.0212. The number of pyridine rings is 2. The second-order valence-corrected chi connectivity index (χ2v) is 6.64. The molecule has 0 aliphatic heterocycles. The van der Waals surface area contributed by atoms with Crippen LogP contribution in [0.2, 0.25) is 5.02 Å². The quantitative estimate of drug-likeness (QED) is 0.539. The summed E-state index contributed by atoms with van der Waals surface area (Å²) in [4.78, 5) is 23.5. The van der Waals surface area contributed by atoms with Gasteiger partial charge >= 0.3 is 6.18 Å². The molecule has 0 saturated heterocycles. The first kappa shape index (κ1) is 22.0. The fourth-order valence-electron chi connectivity index (χ4n) is 2.42. The first-order valence-corrected chi connectivity index (χ1v) is 9.16. The number of hydrogen-bond donors (Lipinski definition) is 2. The number of amides is 1. The van der Waals surface area contributed by atoms with Gasteiger partial charge in [-0.2, -0.15) is 13.2 Å². The van der Waals surface area contributed by atoms with Crippen LogP contribution < -0.4 is 11.1 Å². The first-order valence-electron chi connectivity index (χ1n) is 8.79. The van der Waals surface area contributed by atoms with Crippen molar-refractivity contribution in [3.05, 3.63) is 89.3 Å². The molecule has 0 bridgehead atoms. The molecule has 3 rings (SSSR count). The molecule has 1 aromatic carbocycles. The third-order valence-electron chi connectivity index (χ3n) is 3.91. The summed E-state index contributed by atoms with van der Waals surface area (Å²) in [5.41, 5.74) is 5.32. The normalized spacial score (nSPS) is 12.5. The monoisotopic (exact) mass is 445 g/mol. The van der Waals surface area contributed by atoms with E-state index in [0.29, 0.717) is 22.2 Å². The van der Waals surface area contributed by atoms with E-state index in [1.165, 1.54) is 42.9 Å². The predicted octanol–water partition coefficient (Wildman–Crippen LogP) is 5.02. The average molecular weight is 446 g/mol. The Morgan fingerprint density at radius 3 is 2.48 bits per heavy atom. The Balaban J connectivity index is 1.81. The van der Waals surface area contributed by atoms with Crippen LogP contribution in [0.15, 0.2) is 78.2 Å². The van der Waals surface area contributed by atoms with Crippen molar-refractivity contribution in [2.24, 2.45) is 10.7 Å². The number of nitrogens with one attached hydrogen (secondary N) is 1. The van der Waals surface area contributed by atoms with Crippen LogP contribution in [0.25, 0.3) is 5.70 Å². The highest BCUT2D eigenvalue weighted by Crippen LogP contribution is 2.24. The molecule has 31 heavy (non-hydrogen) atoms. The molecule has 0 atom stereocenters. The smallest absolute Gasteiger partial charge is 0.398 e. The van der Waals surface area contributed by atoms with Crippen LogP contribution in [0.1, 0.15) is 15.9 Å². The van der Waals surface area contributed by atoms with Gasteiger partial charge in [0.05, 0.1) is 11.9 Å². The minimum absolute atomic E-state index is 0.144. The second-order valence-electron chi connectivity index (χ2n) is 6.21. The molecule has 1 amide bonds. The number of nitrogens with zero attached hydrogens (tertiary/aromatic N) is 3. The molecular formula is C21H15ClF3N5O. The number of rotatable bonds is 5. The minimum Gasteiger partial charge on any atom is -0.398 e. The van der Waals surface area contributed by atoms with Crippen LogP contribution in [0, 0.1) is 0 Å². The van der Waals surface area contributed by atoms with Crippen molar-refractivity contribution in [3.8, 4) is 0 Å². The van der Waals surface area contributed by atoms with Gasteiger partial charge in [0.25, 0.3) is 5.91 Å². The van der Waals surface area contributed by atoms with Crippen LogP contribution >= 0.6 is 11.6 Å². The number of anilines is 1. The maximum atomic E-state index is 13.4. The van der Waals surface area contributed by atoms with Crippen molar-refractivity contribution in [1.29, 1.82) is 0 Å². The topological polar surface area (TPSA) is 93.3 Å². The molecule has 3 N–H and O–H groups in total. The number of alkyl halides is 3. The van der Waals surface area contributed by atoms with E-state index in [0.717, 1.165) is 0 Å². The third kappa shape index (κ3) is 6.13. The van der Waals surface area contributed by atoms with Crippen molar-refractivity contribution in [1.82, 2.24) is 9.97 Å². The van der Waals surface area contributed by atoms with E-state index in [2.05, 4.69) is 20.3 Å². The van der Waals surface area contributed by atoms with Crippen molar-refractivity contribution in [2.45, 2.75) is 6.18 Å². The van der Waals surface area contributed by atoms with Crippen LogP contribution in [0.4, 0.5) is 24.7 Å². The first-order chi connectivity index (χ1) is 14.7. The standard InChI is InChI=1S/C21H15ClF3N5O/c22-15-5-1-3-13(9-15)20(31)29-16-6-7-19(28-12-16)30-18(21(23,24)25)10-17(26)14-4-2-8-27-11-14/h1-12H,26H2,(H,29,31). The maximum Gasteiger partial charge on any atom is 0.433 e. The van der Waals surface area contributed by atoms with Crippen LogP contribution in [-0.2, 0) is 0 Å². The summed E-state index contributed by atoms with van der Waals surface area (Å²) < 4.78 is 40.2. The Kier molecular flexibility index (Phi) is 6.66. The van der Waals surface area contributed by atoms with Gasteiger partial charge in [0, 0.05) is 34.2 Å². The molecule has 0 aliphatic carbocycles. The highest BCUT2D eigenvalue weighted by molar-refractivity contribution is 6.31. The third-order valence-corrected chi connectivity index (χ3v) is 4.14. The van der Waals surface area contributed by atoms with Crippen molar-refractivity contribution < 1.29 is 18.0 Å². The van der Waals surface area contributed by atoms with Gasteiger partial charge in [-0.3, -0.25) is 9.78 Å². The summed E-state index contributed by atoms with van der Waals surface area (Å²) in [5, 5.41) is 2.98. The largest absolute Gasteiger partial charge is 0.433 e. The van der Waals surface area contributed by atoms with Gasteiger partial charge in [-0.15, -0.1) is 0 Å². The SMILES string of the molecule is NC(=CC(=Nc1ccc(NC(=O)c2cccc(Cl)c2)cn1)C(F)(F)F)c1cccnc1. The molecule has 158 valence electrons. The number of nitrogens with two attached hydrogens (primary N) is 1. The van der Waals surface area contributed by atoms with E-state index in [-0.39, 0.29) is 17.2 Å². The van der Waals surface area contributed by atoms with Crippen molar-refractivity contribution in [3.63, 3.8) is 0 Å². The molecule has 0 unspecified atom stereocenters. The minimum atomic E-state index is -4.76. The summed E-state index contributed by atoms with van der Waals surface area (Å²) in [7, 11) is 0. The van der Waals surface area contributed by atoms with Crippen LogP contribution in [0.3, 0.4) is 0 Å². The molecule has 2 aromatic heterocycles. The summed E-state index contributed by atoms with van der Waals surface area (Å²) in [6.45, 7) is 0. The van der Waals surface area contributed by atoms with Gasteiger partial charge in [0.1, 0.15) is 5.71 Å². The number of halogens is 4. The fourth-order valence-corrected chi connectivity index (χ4v) is 2.61. The number of benzene rings is 1. The Hall–Kier alpha value is -3.72. The highest BCUT2D eigenvalue weighted by atomic mass is 35.5.